The lowest BCUT2D eigenvalue weighted by atomic mass is 9.81. The number of nitrogens with one attached hydrogen (secondary N) is 2. The zero-order valence-electron chi connectivity index (χ0n) is 16.1. The molecule has 0 aromatic heterocycles. The van der Waals surface area contributed by atoms with Gasteiger partial charge in [0.05, 0.1) is 4.90 Å². The Kier molecular flexibility index (Phi) is 7.65. The van der Waals surface area contributed by atoms with Crippen molar-refractivity contribution in [1.82, 2.24) is 10.0 Å². The summed E-state index contributed by atoms with van der Waals surface area (Å²) in [5.41, 5.74) is 1.04. The molecule has 146 valence electrons. The normalized spacial score (nSPS) is 20.9. The molecule has 0 saturated heterocycles. The zero-order valence-corrected chi connectivity index (χ0v) is 16.9. The van der Waals surface area contributed by atoms with E-state index in [1.807, 2.05) is 6.92 Å². The van der Waals surface area contributed by atoms with Crippen molar-refractivity contribution in [3.05, 3.63) is 29.8 Å². The highest BCUT2D eigenvalue weighted by atomic mass is 32.2. The minimum absolute atomic E-state index is 0.0760. The fraction of sp³-hybridized carbons (Fsp3) is 0.650. The van der Waals surface area contributed by atoms with Crippen LogP contribution in [0.5, 0.6) is 0 Å². The molecule has 1 aromatic rings. The van der Waals surface area contributed by atoms with Crippen molar-refractivity contribution in [3.63, 3.8) is 0 Å². The van der Waals surface area contributed by atoms with Gasteiger partial charge < -0.3 is 5.32 Å². The first-order valence-corrected chi connectivity index (χ1v) is 11.1. The summed E-state index contributed by atoms with van der Waals surface area (Å²) in [6.45, 7) is 7.41. The molecule has 5 nitrogen and oxygen atoms in total. The van der Waals surface area contributed by atoms with Gasteiger partial charge in [0.1, 0.15) is 0 Å². The van der Waals surface area contributed by atoms with E-state index in [-0.39, 0.29) is 11.8 Å². The highest BCUT2D eigenvalue weighted by Crippen LogP contribution is 2.29. The smallest absolute Gasteiger partial charge is 0.240 e. The third-order valence-corrected chi connectivity index (χ3v) is 6.57. The number of sulfonamides is 1. The number of hydrogen-bond donors (Lipinski definition) is 2. The van der Waals surface area contributed by atoms with Crippen LogP contribution >= 0.6 is 0 Å². The average Bonchev–Trinajstić information content (AvgIpc) is 2.60. The van der Waals surface area contributed by atoms with Crippen molar-refractivity contribution in [2.24, 2.45) is 17.8 Å². The quantitative estimate of drug-likeness (QED) is 0.727. The van der Waals surface area contributed by atoms with E-state index >= 15 is 0 Å². The number of amides is 1. The second-order valence-corrected chi connectivity index (χ2v) is 9.62. The summed E-state index contributed by atoms with van der Waals surface area (Å²) < 4.78 is 27.4. The third kappa shape index (κ3) is 6.40. The zero-order chi connectivity index (χ0) is 19.2. The number of aryl methyl sites for hydroxylation is 1. The van der Waals surface area contributed by atoms with Crippen molar-refractivity contribution in [1.29, 1.82) is 0 Å². The highest BCUT2D eigenvalue weighted by Gasteiger charge is 2.27. The van der Waals surface area contributed by atoms with E-state index in [0.29, 0.717) is 23.3 Å². The number of benzene rings is 1. The van der Waals surface area contributed by atoms with Crippen LogP contribution in [-0.4, -0.2) is 27.4 Å². The maximum atomic E-state index is 12.4. The predicted octanol–water partition coefficient (Wildman–Crippen LogP) is 3.24. The second-order valence-electron chi connectivity index (χ2n) is 7.86. The Labute approximate surface area is 158 Å². The average molecular weight is 381 g/mol. The van der Waals surface area contributed by atoms with E-state index in [1.54, 1.807) is 24.3 Å². The molecule has 1 amide bonds. The highest BCUT2D eigenvalue weighted by molar-refractivity contribution is 7.89. The van der Waals surface area contributed by atoms with Crippen LogP contribution in [0.1, 0.15) is 51.5 Å². The third-order valence-electron chi connectivity index (χ3n) is 5.13. The van der Waals surface area contributed by atoms with Crippen LogP contribution in [0, 0.1) is 24.7 Å². The van der Waals surface area contributed by atoms with Gasteiger partial charge in [-0.2, -0.15) is 0 Å². The number of carbonyl (C=O) groups is 1. The molecule has 1 saturated carbocycles. The standard InChI is InChI=1S/C20H32N2O3S/c1-15(2)12-13-21-20(23)18-8-6-17(7-9-18)14-22-26(24,25)19-10-4-16(3)5-11-19/h4-5,10-11,15,17-18,22H,6-9,12-14H2,1-3H3,(H,21,23). The molecule has 0 aliphatic heterocycles. The van der Waals surface area contributed by atoms with Crippen molar-refractivity contribution < 1.29 is 13.2 Å². The maximum absolute atomic E-state index is 12.4. The van der Waals surface area contributed by atoms with Gasteiger partial charge in [0.25, 0.3) is 0 Å². The van der Waals surface area contributed by atoms with Gasteiger partial charge in [0.2, 0.25) is 15.9 Å². The maximum Gasteiger partial charge on any atom is 0.240 e. The van der Waals surface area contributed by atoms with E-state index in [4.69, 9.17) is 0 Å². The number of rotatable bonds is 8. The molecule has 1 aromatic carbocycles. The molecule has 1 fully saturated rings. The van der Waals surface area contributed by atoms with Crippen LogP contribution in [0.3, 0.4) is 0 Å². The summed E-state index contributed by atoms with van der Waals surface area (Å²) >= 11 is 0. The number of hydrogen-bond acceptors (Lipinski definition) is 3. The van der Waals surface area contributed by atoms with Crippen LogP contribution in [0.2, 0.25) is 0 Å². The van der Waals surface area contributed by atoms with Gasteiger partial charge in [-0.25, -0.2) is 13.1 Å². The minimum Gasteiger partial charge on any atom is -0.356 e. The molecule has 0 bridgehead atoms. The lowest BCUT2D eigenvalue weighted by Crippen LogP contribution is -2.36. The second kappa shape index (κ2) is 9.51. The Morgan fingerprint density at radius 1 is 1.12 bits per heavy atom. The Bertz CT molecular complexity index is 676. The minimum atomic E-state index is -3.46. The van der Waals surface area contributed by atoms with Gasteiger partial charge in [0, 0.05) is 19.0 Å². The van der Waals surface area contributed by atoms with Gasteiger partial charge in [-0.05, 0) is 63.0 Å². The van der Waals surface area contributed by atoms with Crippen LogP contribution in [0.4, 0.5) is 0 Å². The molecule has 2 rings (SSSR count). The van der Waals surface area contributed by atoms with Crippen molar-refractivity contribution in [2.45, 2.75) is 57.8 Å². The molecule has 0 atom stereocenters. The Morgan fingerprint density at radius 2 is 1.73 bits per heavy atom. The summed E-state index contributed by atoms with van der Waals surface area (Å²) in [4.78, 5) is 12.5. The molecule has 0 heterocycles. The summed E-state index contributed by atoms with van der Waals surface area (Å²) in [7, 11) is -3.46. The first-order valence-electron chi connectivity index (χ1n) is 9.62. The van der Waals surface area contributed by atoms with Crippen LogP contribution in [0.25, 0.3) is 0 Å². The molecule has 1 aliphatic carbocycles. The van der Waals surface area contributed by atoms with Crippen LogP contribution < -0.4 is 10.0 Å². The van der Waals surface area contributed by atoms with Gasteiger partial charge in [-0.3, -0.25) is 4.79 Å². The summed E-state index contributed by atoms with van der Waals surface area (Å²) in [6, 6.07) is 6.88. The van der Waals surface area contributed by atoms with Crippen LogP contribution in [-0.2, 0) is 14.8 Å². The molecule has 0 unspecified atom stereocenters. The van der Waals surface area contributed by atoms with E-state index in [1.165, 1.54) is 0 Å². The van der Waals surface area contributed by atoms with E-state index in [2.05, 4.69) is 23.9 Å². The summed E-state index contributed by atoms with van der Waals surface area (Å²) in [5, 5.41) is 3.03. The van der Waals surface area contributed by atoms with Crippen molar-refractivity contribution >= 4 is 15.9 Å². The Balaban J connectivity index is 1.74. The van der Waals surface area contributed by atoms with Crippen LogP contribution in [0.15, 0.2) is 29.2 Å². The first-order chi connectivity index (χ1) is 12.3. The largest absolute Gasteiger partial charge is 0.356 e. The van der Waals surface area contributed by atoms with Crippen molar-refractivity contribution in [2.75, 3.05) is 13.1 Å². The fourth-order valence-electron chi connectivity index (χ4n) is 3.29. The molecule has 26 heavy (non-hydrogen) atoms. The van der Waals surface area contributed by atoms with E-state index in [0.717, 1.165) is 44.2 Å². The predicted molar refractivity (Wildman–Crippen MR) is 104 cm³/mol. The SMILES string of the molecule is Cc1ccc(S(=O)(=O)NCC2CCC(C(=O)NCCC(C)C)CC2)cc1. The van der Waals surface area contributed by atoms with E-state index in [9.17, 15) is 13.2 Å². The van der Waals surface area contributed by atoms with Gasteiger partial charge in [-0.15, -0.1) is 0 Å². The molecule has 0 spiro atoms. The fourth-order valence-corrected chi connectivity index (χ4v) is 4.40. The lowest BCUT2D eigenvalue weighted by Gasteiger charge is -2.28. The topological polar surface area (TPSA) is 75.3 Å². The monoisotopic (exact) mass is 380 g/mol. The van der Waals surface area contributed by atoms with Crippen molar-refractivity contribution in [3.8, 4) is 0 Å². The van der Waals surface area contributed by atoms with Gasteiger partial charge in [0.15, 0.2) is 0 Å². The summed E-state index contributed by atoms with van der Waals surface area (Å²) in [6.07, 6.45) is 4.45. The Hall–Kier alpha value is -1.40. The molecule has 0 radical (unpaired) electrons. The molecule has 6 heteroatoms. The number of carbonyl (C=O) groups excluding carboxylic acids is 1. The molecule has 2 N–H and O–H groups in total. The lowest BCUT2D eigenvalue weighted by molar-refractivity contribution is -0.126. The summed E-state index contributed by atoms with van der Waals surface area (Å²) in [5.74, 6) is 1.12. The van der Waals surface area contributed by atoms with Gasteiger partial charge >= 0.3 is 0 Å². The van der Waals surface area contributed by atoms with E-state index < -0.39 is 10.0 Å². The Morgan fingerprint density at radius 3 is 2.31 bits per heavy atom. The van der Waals surface area contributed by atoms with Gasteiger partial charge in [-0.1, -0.05) is 31.5 Å². The first kappa shape index (κ1) is 20.9. The molecular formula is C20H32N2O3S. The molecule has 1 aliphatic rings. The molecular weight excluding hydrogens is 348 g/mol.